The Kier molecular flexibility index (Phi) is 6.62. The van der Waals surface area contributed by atoms with Crippen molar-refractivity contribution in [3.63, 3.8) is 0 Å². The summed E-state index contributed by atoms with van der Waals surface area (Å²) in [6.45, 7) is 1.94. The molecule has 0 amide bonds. The molecule has 4 N–H and O–H groups in total. The average molecular weight is 398 g/mol. The standard InChI is InChI=1S/C20H23FN6O2/c1-22-20(25-11-10-23-16-3-5-17(6-4-16)27(28)29)24-9-8-14-13-26-19-12-15(21)2-7-18(14)19/h2-7,12-13,23,26H,8-11H2,1H3,(H2,22,24,25). The third-order valence-electron chi connectivity index (χ3n) is 4.46. The van der Waals surface area contributed by atoms with Gasteiger partial charge in [0.2, 0.25) is 0 Å². The lowest BCUT2D eigenvalue weighted by Crippen LogP contribution is -2.40. The Bertz CT molecular complexity index is 1000. The topological polar surface area (TPSA) is 107 Å². The van der Waals surface area contributed by atoms with E-state index in [0.29, 0.717) is 25.6 Å². The summed E-state index contributed by atoms with van der Waals surface area (Å²) >= 11 is 0. The predicted octanol–water partition coefficient (Wildman–Crippen LogP) is 3.03. The molecule has 29 heavy (non-hydrogen) atoms. The Labute approximate surface area is 167 Å². The number of nitro groups is 1. The number of halogens is 1. The second kappa shape index (κ2) is 9.54. The highest BCUT2D eigenvalue weighted by atomic mass is 19.1. The molecule has 0 saturated heterocycles. The molecule has 0 aliphatic rings. The van der Waals surface area contributed by atoms with Gasteiger partial charge >= 0.3 is 0 Å². The number of nitro benzene ring substituents is 1. The van der Waals surface area contributed by atoms with Crippen LogP contribution in [0.4, 0.5) is 15.8 Å². The Morgan fingerprint density at radius 1 is 1.14 bits per heavy atom. The minimum Gasteiger partial charge on any atom is -0.383 e. The fourth-order valence-corrected chi connectivity index (χ4v) is 2.99. The van der Waals surface area contributed by atoms with E-state index in [1.807, 2.05) is 6.20 Å². The van der Waals surface area contributed by atoms with Crippen LogP contribution in [0.1, 0.15) is 5.56 Å². The van der Waals surface area contributed by atoms with E-state index in [1.165, 1.54) is 24.3 Å². The van der Waals surface area contributed by atoms with Crippen molar-refractivity contribution in [3.8, 4) is 0 Å². The molecule has 0 fully saturated rings. The van der Waals surface area contributed by atoms with Gasteiger partial charge in [0.15, 0.2) is 5.96 Å². The van der Waals surface area contributed by atoms with Crippen molar-refractivity contribution in [3.05, 3.63) is 70.2 Å². The molecule has 0 bridgehead atoms. The number of aromatic nitrogens is 1. The molecule has 0 aliphatic heterocycles. The van der Waals surface area contributed by atoms with Crippen molar-refractivity contribution >= 4 is 28.2 Å². The molecule has 0 aliphatic carbocycles. The number of H-pyrrole nitrogens is 1. The van der Waals surface area contributed by atoms with Gasteiger partial charge in [-0.05, 0) is 42.3 Å². The van der Waals surface area contributed by atoms with Crippen molar-refractivity contribution in [2.45, 2.75) is 6.42 Å². The molecule has 3 rings (SSSR count). The molecule has 3 aromatic rings. The smallest absolute Gasteiger partial charge is 0.269 e. The van der Waals surface area contributed by atoms with Crippen LogP contribution in [0.2, 0.25) is 0 Å². The molecule has 152 valence electrons. The van der Waals surface area contributed by atoms with E-state index in [2.05, 4.69) is 25.9 Å². The number of aromatic amines is 1. The van der Waals surface area contributed by atoms with E-state index in [0.717, 1.165) is 28.6 Å². The second-order valence-electron chi connectivity index (χ2n) is 6.41. The lowest BCUT2D eigenvalue weighted by molar-refractivity contribution is -0.384. The van der Waals surface area contributed by atoms with Crippen LogP contribution < -0.4 is 16.0 Å². The number of nitrogens with zero attached hydrogens (tertiary/aromatic N) is 2. The van der Waals surface area contributed by atoms with Crippen molar-refractivity contribution in [2.24, 2.45) is 4.99 Å². The third-order valence-corrected chi connectivity index (χ3v) is 4.46. The lowest BCUT2D eigenvalue weighted by atomic mass is 10.1. The van der Waals surface area contributed by atoms with Gasteiger partial charge < -0.3 is 20.9 Å². The summed E-state index contributed by atoms with van der Waals surface area (Å²) in [7, 11) is 1.70. The van der Waals surface area contributed by atoms with Gasteiger partial charge in [-0.15, -0.1) is 0 Å². The maximum absolute atomic E-state index is 13.3. The summed E-state index contributed by atoms with van der Waals surface area (Å²) in [5, 5.41) is 21.3. The summed E-state index contributed by atoms with van der Waals surface area (Å²) in [5.74, 6) is 0.428. The van der Waals surface area contributed by atoms with Crippen molar-refractivity contribution in [2.75, 3.05) is 32.0 Å². The first kappa shape index (κ1) is 20.1. The molecule has 0 spiro atoms. The first-order chi connectivity index (χ1) is 14.1. The van der Waals surface area contributed by atoms with Crippen LogP contribution in [0.5, 0.6) is 0 Å². The monoisotopic (exact) mass is 398 g/mol. The van der Waals surface area contributed by atoms with Gasteiger partial charge in [-0.25, -0.2) is 4.39 Å². The SMILES string of the molecule is CN=C(NCCNc1ccc([N+](=O)[O-])cc1)NCCc1c[nH]c2cc(F)ccc12. The van der Waals surface area contributed by atoms with Crippen molar-refractivity contribution in [1.29, 1.82) is 0 Å². The first-order valence-electron chi connectivity index (χ1n) is 9.25. The largest absolute Gasteiger partial charge is 0.383 e. The van der Waals surface area contributed by atoms with Crippen LogP contribution in [0.25, 0.3) is 10.9 Å². The molecule has 2 aromatic carbocycles. The van der Waals surface area contributed by atoms with Gasteiger partial charge in [-0.2, -0.15) is 0 Å². The van der Waals surface area contributed by atoms with Gasteiger partial charge in [0, 0.05) is 61.6 Å². The zero-order valence-corrected chi connectivity index (χ0v) is 16.0. The highest BCUT2D eigenvalue weighted by Gasteiger charge is 2.06. The highest BCUT2D eigenvalue weighted by Crippen LogP contribution is 2.19. The van der Waals surface area contributed by atoms with Crippen molar-refractivity contribution < 1.29 is 9.31 Å². The molecule has 0 saturated carbocycles. The quantitative estimate of drug-likeness (QED) is 0.153. The number of hydrogen-bond acceptors (Lipinski definition) is 4. The fourth-order valence-electron chi connectivity index (χ4n) is 2.99. The summed E-state index contributed by atoms with van der Waals surface area (Å²) in [5.41, 5.74) is 2.79. The third kappa shape index (κ3) is 5.44. The number of anilines is 1. The lowest BCUT2D eigenvalue weighted by Gasteiger charge is -2.12. The minimum absolute atomic E-state index is 0.0682. The summed E-state index contributed by atoms with van der Waals surface area (Å²) in [6.07, 6.45) is 2.67. The fraction of sp³-hybridized carbons (Fsp3) is 0.250. The summed E-state index contributed by atoms with van der Waals surface area (Å²) in [6, 6.07) is 11.0. The van der Waals surface area contributed by atoms with E-state index in [9.17, 15) is 14.5 Å². The summed E-state index contributed by atoms with van der Waals surface area (Å²) in [4.78, 5) is 17.5. The number of nitrogens with one attached hydrogen (secondary N) is 4. The molecule has 9 heteroatoms. The maximum Gasteiger partial charge on any atom is 0.269 e. The van der Waals surface area contributed by atoms with E-state index in [1.54, 1.807) is 25.2 Å². The van der Waals surface area contributed by atoms with Crippen molar-refractivity contribution in [1.82, 2.24) is 15.6 Å². The second-order valence-corrected chi connectivity index (χ2v) is 6.41. The minimum atomic E-state index is -0.421. The molecule has 1 heterocycles. The zero-order chi connectivity index (χ0) is 20.6. The number of hydrogen-bond donors (Lipinski definition) is 4. The number of rotatable bonds is 8. The molecule has 1 aromatic heterocycles. The zero-order valence-electron chi connectivity index (χ0n) is 16.0. The molecule has 0 unspecified atom stereocenters. The average Bonchev–Trinajstić information content (AvgIpc) is 3.12. The Morgan fingerprint density at radius 2 is 1.90 bits per heavy atom. The number of guanidine groups is 1. The van der Waals surface area contributed by atoms with Crippen LogP contribution in [0.3, 0.4) is 0 Å². The molecule has 8 nitrogen and oxygen atoms in total. The predicted molar refractivity (Wildman–Crippen MR) is 113 cm³/mol. The van der Waals surface area contributed by atoms with Gasteiger partial charge in [0.25, 0.3) is 5.69 Å². The normalized spacial score (nSPS) is 11.4. The van der Waals surface area contributed by atoms with Crippen LogP contribution in [0, 0.1) is 15.9 Å². The van der Waals surface area contributed by atoms with Crippen LogP contribution in [0.15, 0.2) is 53.7 Å². The Morgan fingerprint density at radius 3 is 2.62 bits per heavy atom. The number of aliphatic imine (C=N–C) groups is 1. The van der Waals surface area contributed by atoms with Gasteiger partial charge in [0.1, 0.15) is 5.82 Å². The molecule has 0 atom stereocenters. The molecular weight excluding hydrogens is 375 g/mol. The van der Waals surface area contributed by atoms with Gasteiger partial charge in [-0.3, -0.25) is 15.1 Å². The number of benzene rings is 2. The maximum atomic E-state index is 13.3. The first-order valence-corrected chi connectivity index (χ1v) is 9.25. The molecule has 0 radical (unpaired) electrons. The highest BCUT2D eigenvalue weighted by molar-refractivity contribution is 5.83. The molecular formula is C20H23FN6O2. The van der Waals surface area contributed by atoms with E-state index >= 15 is 0 Å². The van der Waals surface area contributed by atoms with E-state index in [-0.39, 0.29) is 11.5 Å². The van der Waals surface area contributed by atoms with Crippen LogP contribution in [-0.2, 0) is 6.42 Å². The summed E-state index contributed by atoms with van der Waals surface area (Å²) < 4.78 is 13.3. The Balaban J connectivity index is 1.39. The number of non-ortho nitro benzene ring substituents is 1. The van der Waals surface area contributed by atoms with E-state index < -0.39 is 4.92 Å². The van der Waals surface area contributed by atoms with Crippen LogP contribution in [-0.4, -0.2) is 42.5 Å². The number of fused-ring (bicyclic) bond motifs is 1. The van der Waals surface area contributed by atoms with Crippen LogP contribution >= 0.6 is 0 Å². The Hall–Kier alpha value is -3.62. The van der Waals surface area contributed by atoms with Gasteiger partial charge in [0.05, 0.1) is 4.92 Å². The van der Waals surface area contributed by atoms with E-state index in [4.69, 9.17) is 0 Å². The van der Waals surface area contributed by atoms with Gasteiger partial charge in [-0.1, -0.05) is 0 Å².